The Morgan fingerprint density at radius 1 is 1.56 bits per heavy atom. The fourth-order valence-electron chi connectivity index (χ4n) is 2.33. The van der Waals surface area contributed by atoms with E-state index in [0.717, 1.165) is 5.56 Å². The summed E-state index contributed by atoms with van der Waals surface area (Å²) >= 11 is 1.57. The van der Waals surface area contributed by atoms with Crippen molar-refractivity contribution >= 4 is 27.1 Å². The highest BCUT2D eigenvalue weighted by Crippen LogP contribution is 2.19. The summed E-state index contributed by atoms with van der Waals surface area (Å²) in [4.78, 5) is 13.9. The number of sulfone groups is 1. The number of nitrogens with zero attached hydrogens (tertiary/aromatic N) is 1. The normalized spacial score (nSPS) is 21.9. The quantitative estimate of drug-likeness (QED) is 0.839. The Balaban J connectivity index is 2.03. The Labute approximate surface area is 112 Å². The molecule has 1 atom stereocenters. The van der Waals surface area contributed by atoms with Crippen molar-refractivity contribution in [3.63, 3.8) is 0 Å². The smallest absolute Gasteiger partial charge is 0.227 e. The molecule has 0 radical (unpaired) electrons. The van der Waals surface area contributed by atoms with Crippen LogP contribution in [0, 0.1) is 0 Å². The lowest BCUT2D eigenvalue weighted by Crippen LogP contribution is -2.41. The second-order valence-electron chi connectivity index (χ2n) is 4.54. The summed E-state index contributed by atoms with van der Waals surface area (Å²) in [5, 5.41) is 3.90. The third-order valence-electron chi connectivity index (χ3n) is 3.25. The van der Waals surface area contributed by atoms with Gasteiger partial charge >= 0.3 is 0 Å². The van der Waals surface area contributed by atoms with Crippen LogP contribution in [0.15, 0.2) is 16.8 Å². The van der Waals surface area contributed by atoms with Gasteiger partial charge in [-0.25, -0.2) is 8.42 Å². The van der Waals surface area contributed by atoms with Gasteiger partial charge in [-0.1, -0.05) is 0 Å². The molecule has 4 nitrogen and oxygen atoms in total. The lowest BCUT2D eigenvalue weighted by molar-refractivity contribution is -0.132. The standard InChI is InChI=1S/C12H17NO3S2/c1-2-13(11-4-6-18(15,16)9-11)12(14)7-10-3-5-17-8-10/h3,5,8,11H,2,4,6-7,9H2,1H3. The summed E-state index contributed by atoms with van der Waals surface area (Å²) < 4.78 is 22.9. The van der Waals surface area contributed by atoms with E-state index in [9.17, 15) is 13.2 Å². The van der Waals surface area contributed by atoms with Gasteiger partial charge in [0.25, 0.3) is 0 Å². The maximum Gasteiger partial charge on any atom is 0.227 e. The van der Waals surface area contributed by atoms with Crippen molar-refractivity contribution in [2.75, 3.05) is 18.1 Å². The first-order valence-corrected chi connectivity index (χ1v) is 8.79. The summed E-state index contributed by atoms with van der Waals surface area (Å²) in [5.74, 6) is 0.355. The third kappa shape index (κ3) is 3.11. The fourth-order valence-corrected chi connectivity index (χ4v) is 4.73. The van der Waals surface area contributed by atoms with Gasteiger partial charge in [-0.2, -0.15) is 11.3 Å². The molecule has 0 bridgehead atoms. The molecule has 1 unspecified atom stereocenters. The number of likely N-dealkylation sites (N-methyl/N-ethyl adjacent to an activating group) is 1. The first kappa shape index (κ1) is 13.5. The number of thiophene rings is 1. The van der Waals surface area contributed by atoms with Crippen molar-refractivity contribution in [1.29, 1.82) is 0 Å². The van der Waals surface area contributed by atoms with E-state index in [2.05, 4.69) is 0 Å². The highest BCUT2D eigenvalue weighted by atomic mass is 32.2. The Kier molecular flexibility index (Phi) is 4.07. The Hall–Kier alpha value is -0.880. The molecule has 1 amide bonds. The monoisotopic (exact) mass is 287 g/mol. The van der Waals surface area contributed by atoms with Gasteiger partial charge in [0, 0.05) is 12.6 Å². The second kappa shape index (κ2) is 5.40. The molecule has 1 saturated heterocycles. The number of carbonyl (C=O) groups is 1. The van der Waals surface area contributed by atoms with Gasteiger partial charge in [-0.3, -0.25) is 4.79 Å². The Bertz CT molecular complexity index is 507. The zero-order valence-electron chi connectivity index (χ0n) is 10.3. The fraction of sp³-hybridized carbons (Fsp3) is 0.583. The van der Waals surface area contributed by atoms with Gasteiger partial charge in [0.1, 0.15) is 0 Å². The number of amides is 1. The van der Waals surface area contributed by atoms with E-state index in [0.29, 0.717) is 19.4 Å². The number of carbonyl (C=O) groups excluding carboxylic acids is 1. The minimum Gasteiger partial charge on any atom is -0.339 e. The van der Waals surface area contributed by atoms with E-state index in [-0.39, 0.29) is 23.5 Å². The highest BCUT2D eigenvalue weighted by molar-refractivity contribution is 7.91. The summed E-state index contributed by atoms with van der Waals surface area (Å²) in [5.41, 5.74) is 1.00. The van der Waals surface area contributed by atoms with Gasteiger partial charge in [0.15, 0.2) is 9.84 Å². The van der Waals surface area contributed by atoms with E-state index in [1.807, 2.05) is 23.8 Å². The molecule has 1 aromatic heterocycles. The van der Waals surface area contributed by atoms with Crippen LogP contribution in [-0.4, -0.2) is 43.3 Å². The summed E-state index contributed by atoms with van der Waals surface area (Å²) in [6.45, 7) is 2.47. The Morgan fingerprint density at radius 2 is 2.33 bits per heavy atom. The molecule has 18 heavy (non-hydrogen) atoms. The van der Waals surface area contributed by atoms with Gasteiger partial charge in [0.2, 0.25) is 5.91 Å². The number of hydrogen-bond donors (Lipinski definition) is 0. The SMILES string of the molecule is CCN(C(=O)Cc1ccsc1)C1CCS(=O)(=O)C1. The van der Waals surface area contributed by atoms with Crippen LogP contribution in [0.4, 0.5) is 0 Å². The molecule has 2 heterocycles. The lowest BCUT2D eigenvalue weighted by atomic mass is 10.1. The average Bonchev–Trinajstić information content (AvgIpc) is 2.89. The van der Waals surface area contributed by atoms with Crippen molar-refractivity contribution in [1.82, 2.24) is 4.90 Å². The van der Waals surface area contributed by atoms with Crippen LogP contribution in [0.25, 0.3) is 0 Å². The molecule has 0 aromatic carbocycles. The average molecular weight is 287 g/mol. The largest absolute Gasteiger partial charge is 0.339 e. The molecule has 0 spiro atoms. The molecular weight excluding hydrogens is 270 g/mol. The summed E-state index contributed by atoms with van der Waals surface area (Å²) in [6, 6.07) is 1.80. The van der Waals surface area contributed by atoms with Crippen LogP contribution >= 0.6 is 11.3 Å². The zero-order chi connectivity index (χ0) is 13.2. The van der Waals surface area contributed by atoms with Crippen molar-refractivity contribution in [3.05, 3.63) is 22.4 Å². The molecule has 1 fully saturated rings. The maximum atomic E-state index is 12.2. The molecule has 1 aliphatic heterocycles. The van der Waals surface area contributed by atoms with Crippen LogP contribution < -0.4 is 0 Å². The topological polar surface area (TPSA) is 54.5 Å². The molecule has 0 aliphatic carbocycles. The van der Waals surface area contributed by atoms with E-state index in [4.69, 9.17) is 0 Å². The second-order valence-corrected chi connectivity index (χ2v) is 7.55. The van der Waals surface area contributed by atoms with Gasteiger partial charge < -0.3 is 4.90 Å². The molecule has 1 aliphatic rings. The van der Waals surface area contributed by atoms with Crippen LogP contribution in [0.3, 0.4) is 0 Å². The van der Waals surface area contributed by atoms with Gasteiger partial charge in [-0.15, -0.1) is 0 Å². The van der Waals surface area contributed by atoms with E-state index >= 15 is 0 Å². The van der Waals surface area contributed by atoms with Gasteiger partial charge in [-0.05, 0) is 35.7 Å². The minimum atomic E-state index is -2.94. The van der Waals surface area contributed by atoms with Crippen molar-refractivity contribution in [2.24, 2.45) is 0 Å². The molecule has 2 rings (SSSR count). The van der Waals surface area contributed by atoms with Crippen LogP contribution in [0.5, 0.6) is 0 Å². The van der Waals surface area contributed by atoms with E-state index in [1.54, 1.807) is 16.2 Å². The molecule has 0 N–H and O–H groups in total. The molecule has 6 heteroatoms. The predicted molar refractivity (Wildman–Crippen MR) is 72.5 cm³/mol. The molecule has 100 valence electrons. The Morgan fingerprint density at radius 3 is 2.83 bits per heavy atom. The summed E-state index contributed by atoms with van der Waals surface area (Å²) in [7, 11) is -2.94. The molecule has 0 saturated carbocycles. The predicted octanol–water partition coefficient (Wildman–Crippen LogP) is 1.33. The van der Waals surface area contributed by atoms with Crippen LogP contribution in [0.1, 0.15) is 18.9 Å². The number of hydrogen-bond acceptors (Lipinski definition) is 4. The van der Waals surface area contributed by atoms with Crippen molar-refractivity contribution in [3.8, 4) is 0 Å². The van der Waals surface area contributed by atoms with E-state index < -0.39 is 9.84 Å². The molecular formula is C12H17NO3S2. The van der Waals surface area contributed by atoms with Crippen molar-refractivity contribution < 1.29 is 13.2 Å². The van der Waals surface area contributed by atoms with Gasteiger partial charge in [0.05, 0.1) is 17.9 Å². The van der Waals surface area contributed by atoms with Crippen molar-refractivity contribution in [2.45, 2.75) is 25.8 Å². The first-order valence-electron chi connectivity index (χ1n) is 6.03. The zero-order valence-corrected chi connectivity index (χ0v) is 12.0. The van der Waals surface area contributed by atoms with E-state index in [1.165, 1.54) is 0 Å². The maximum absolute atomic E-state index is 12.2. The first-order chi connectivity index (χ1) is 8.52. The van der Waals surface area contributed by atoms with Crippen LogP contribution in [0.2, 0.25) is 0 Å². The highest BCUT2D eigenvalue weighted by Gasteiger charge is 2.33. The third-order valence-corrected chi connectivity index (χ3v) is 5.73. The minimum absolute atomic E-state index is 0.0259. The molecule has 1 aromatic rings. The number of rotatable bonds is 4. The lowest BCUT2D eigenvalue weighted by Gasteiger charge is -2.26. The summed E-state index contributed by atoms with van der Waals surface area (Å²) in [6.07, 6.45) is 0.944. The van der Waals surface area contributed by atoms with Crippen LogP contribution in [-0.2, 0) is 21.1 Å².